The highest BCUT2D eigenvalue weighted by atomic mass is 35.5. The van der Waals surface area contributed by atoms with Crippen LogP contribution in [-0.4, -0.2) is 25.1 Å². The van der Waals surface area contributed by atoms with Gasteiger partial charge < -0.3 is 10.5 Å². The fraction of sp³-hybridized carbons (Fsp3) is 0.333. The summed E-state index contributed by atoms with van der Waals surface area (Å²) in [5, 5.41) is 0.778. The molecule has 0 radical (unpaired) electrons. The highest BCUT2D eigenvalue weighted by Crippen LogP contribution is 2.16. The molecule has 22 heavy (non-hydrogen) atoms. The van der Waals surface area contributed by atoms with Crippen LogP contribution in [0.3, 0.4) is 0 Å². The lowest BCUT2D eigenvalue weighted by Gasteiger charge is -2.22. The molecule has 0 aliphatic heterocycles. The van der Waals surface area contributed by atoms with Crippen molar-refractivity contribution in [1.29, 1.82) is 0 Å². The molecule has 3 nitrogen and oxygen atoms in total. The molecule has 0 amide bonds. The molecule has 0 aliphatic carbocycles. The van der Waals surface area contributed by atoms with Crippen molar-refractivity contribution in [2.45, 2.75) is 19.5 Å². The van der Waals surface area contributed by atoms with Crippen LogP contribution in [0.5, 0.6) is 5.75 Å². The van der Waals surface area contributed by atoms with Crippen LogP contribution < -0.4 is 10.5 Å². The molecule has 0 saturated carbocycles. The van der Waals surface area contributed by atoms with E-state index >= 15 is 0 Å². The minimum atomic E-state index is 0.703. The summed E-state index contributed by atoms with van der Waals surface area (Å²) in [4.78, 5) is 2.39. The van der Waals surface area contributed by atoms with Crippen LogP contribution in [-0.2, 0) is 13.1 Å². The maximum Gasteiger partial charge on any atom is 0.118 e. The highest BCUT2D eigenvalue weighted by Gasteiger charge is 2.07. The van der Waals surface area contributed by atoms with Crippen molar-refractivity contribution in [3.05, 3.63) is 64.7 Å². The first kappa shape index (κ1) is 16.8. The number of rotatable bonds is 8. The van der Waals surface area contributed by atoms with Crippen molar-refractivity contribution in [2.24, 2.45) is 5.73 Å². The molecule has 4 heteroatoms. The van der Waals surface area contributed by atoms with E-state index in [-0.39, 0.29) is 0 Å². The van der Waals surface area contributed by atoms with Crippen LogP contribution in [0.1, 0.15) is 17.5 Å². The topological polar surface area (TPSA) is 38.5 Å². The summed E-state index contributed by atoms with van der Waals surface area (Å²) in [7, 11) is 1.68. The van der Waals surface area contributed by atoms with Gasteiger partial charge in [0.2, 0.25) is 0 Å². The Kier molecular flexibility index (Phi) is 6.72. The second-order valence-corrected chi connectivity index (χ2v) is 5.77. The van der Waals surface area contributed by atoms with E-state index in [9.17, 15) is 0 Å². The average Bonchev–Trinajstić information content (AvgIpc) is 2.53. The summed E-state index contributed by atoms with van der Waals surface area (Å²) >= 11 is 6.07. The van der Waals surface area contributed by atoms with Gasteiger partial charge in [0.15, 0.2) is 0 Å². The second-order valence-electron chi connectivity index (χ2n) is 5.33. The molecule has 0 saturated heterocycles. The predicted octanol–water partition coefficient (Wildman–Crippen LogP) is 3.70. The Morgan fingerprint density at radius 1 is 1.05 bits per heavy atom. The van der Waals surface area contributed by atoms with Crippen LogP contribution in [0.25, 0.3) is 0 Å². The molecule has 0 fully saturated rings. The highest BCUT2D eigenvalue weighted by molar-refractivity contribution is 6.30. The molecule has 0 unspecified atom stereocenters. The van der Waals surface area contributed by atoms with E-state index in [2.05, 4.69) is 23.1 Å². The van der Waals surface area contributed by atoms with E-state index in [0.29, 0.717) is 6.54 Å². The maximum absolute atomic E-state index is 6.07. The molecular weight excluding hydrogens is 296 g/mol. The number of hydrogen-bond donors (Lipinski definition) is 1. The van der Waals surface area contributed by atoms with Crippen LogP contribution >= 0.6 is 11.6 Å². The molecule has 0 atom stereocenters. The van der Waals surface area contributed by atoms with Crippen molar-refractivity contribution < 1.29 is 4.74 Å². The third kappa shape index (κ3) is 5.34. The van der Waals surface area contributed by atoms with Crippen molar-refractivity contribution >= 4 is 11.6 Å². The van der Waals surface area contributed by atoms with Crippen molar-refractivity contribution in [1.82, 2.24) is 4.90 Å². The molecule has 0 bridgehead atoms. The largest absolute Gasteiger partial charge is 0.497 e. The predicted molar refractivity (Wildman–Crippen MR) is 92.2 cm³/mol. The summed E-state index contributed by atoms with van der Waals surface area (Å²) in [5.74, 6) is 0.882. The van der Waals surface area contributed by atoms with Crippen molar-refractivity contribution in [3.63, 3.8) is 0 Å². The minimum absolute atomic E-state index is 0.703. The van der Waals surface area contributed by atoms with Gasteiger partial charge in [-0.25, -0.2) is 0 Å². The van der Waals surface area contributed by atoms with Crippen LogP contribution in [0.15, 0.2) is 48.5 Å². The summed E-state index contributed by atoms with van der Waals surface area (Å²) in [6, 6.07) is 16.2. The lowest BCUT2D eigenvalue weighted by atomic mass is 10.1. The fourth-order valence-electron chi connectivity index (χ4n) is 2.41. The minimum Gasteiger partial charge on any atom is -0.497 e. The summed E-state index contributed by atoms with van der Waals surface area (Å²) < 4.78 is 5.20. The van der Waals surface area contributed by atoms with Gasteiger partial charge in [0.25, 0.3) is 0 Å². The Morgan fingerprint density at radius 2 is 1.77 bits per heavy atom. The second kappa shape index (κ2) is 8.79. The van der Waals surface area contributed by atoms with Gasteiger partial charge in [-0.3, -0.25) is 4.90 Å². The zero-order valence-corrected chi connectivity index (χ0v) is 13.7. The third-order valence-electron chi connectivity index (χ3n) is 3.54. The number of nitrogens with zero attached hydrogens (tertiary/aromatic N) is 1. The Labute approximate surface area is 137 Å². The normalized spacial score (nSPS) is 10.9. The first-order valence-electron chi connectivity index (χ1n) is 7.51. The van der Waals surface area contributed by atoms with Gasteiger partial charge in [0.05, 0.1) is 7.11 Å². The lowest BCUT2D eigenvalue weighted by molar-refractivity contribution is 0.255. The van der Waals surface area contributed by atoms with Crippen molar-refractivity contribution in [2.75, 3.05) is 20.2 Å². The molecule has 118 valence electrons. The zero-order chi connectivity index (χ0) is 15.8. The Hall–Kier alpha value is -1.55. The van der Waals surface area contributed by atoms with E-state index in [1.54, 1.807) is 7.11 Å². The number of ether oxygens (including phenoxy) is 1. The number of halogens is 1. The van der Waals surface area contributed by atoms with Crippen molar-refractivity contribution in [3.8, 4) is 5.75 Å². The standard InChI is InChI=1S/C18H23ClN2O/c1-22-18-8-6-15(7-9-18)13-21(11-3-10-20)14-16-4-2-5-17(19)12-16/h2,4-9,12H,3,10-11,13-14,20H2,1H3. The van der Waals surface area contributed by atoms with E-state index in [1.807, 2.05) is 30.3 Å². The lowest BCUT2D eigenvalue weighted by Crippen LogP contribution is -2.25. The molecule has 0 spiro atoms. The molecule has 2 aromatic carbocycles. The van der Waals surface area contributed by atoms with Gasteiger partial charge >= 0.3 is 0 Å². The van der Waals surface area contributed by atoms with E-state index in [1.165, 1.54) is 11.1 Å². The van der Waals surface area contributed by atoms with E-state index < -0.39 is 0 Å². The molecular formula is C18H23ClN2O. The van der Waals surface area contributed by atoms with E-state index in [4.69, 9.17) is 22.1 Å². The smallest absolute Gasteiger partial charge is 0.118 e. The molecule has 0 aromatic heterocycles. The quantitative estimate of drug-likeness (QED) is 0.806. The summed E-state index contributed by atoms with van der Waals surface area (Å²) in [5.41, 5.74) is 8.15. The van der Waals surface area contributed by atoms with E-state index in [0.717, 1.165) is 36.8 Å². The van der Waals surface area contributed by atoms with Gasteiger partial charge in [0, 0.05) is 24.7 Å². The summed E-state index contributed by atoms with van der Waals surface area (Å²) in [6.45, 7) is 3.42. The first-order valence-corrected chi connectivity index (χ1v) is 7.89. The SMILES string of the molecule is COc1ccc(CN(CCCN)Cc2cccc(Cl)c2)cc1. The molecule has 0 heterocycles. The zero-order valence-electron chi connectivity index (χ0n) is 13.0. The van der Waals surface area contributed by atoms with Gasteiger partial charge in [-0.2, -0.15) is 0 Å². The average molecular weight is 319 g/mol. The van der Waals surface area contributed by atoms with Gasteiger partial charge in [-0.15, -0.1) is 0 Å². The molecule has 2 aromatic rings. The van der Waals surface area contributed by atoms with Gasteiger partial charge in [0.1, 0.15) is 5.75 Å². The first-order chi connectivity index (χ1) is 10.7. The Bertz CT molecular complexity index is 572. The maximum atomic E-state index is 6.07. The monoisotopic (exact) mass is 318 g/mol. The van der Waals surface area contributed by atoms with Crippen LogP contribution in [0.2, 0.25) is 5.02 Å². The fourth-order valence-corrected chi connectivity index (χ4v) is 2.62. The number of benzene rings is 2. The van der Waals surface area contributed by atoms with Crippen LogP contribution in [0.4, 0.5) is 0 Å². The van der Waals surface area contributed by atoms with Crippen LogP contribution in [0, 0.1) is 0 Å². The van der Waals surface area contributed by atoms with Gasteiger partial charge in [-0.05, 0) is 48.4 Å². The summed E-state index contributed by atoms with van der Waals surface area (Å²) in [6.07, 6.45) is 0.983. The van der Waals surface area contributed by atoms with Gasteiger partial charge in [-0.1, -0.05) is 35.9 Å². The molecule has 2 rings (SSSR count). The number of nitrogens with two attached hydrogens (primary N) is 1. The third-order valence-corrected chi connectivity index (χ3v) is 3.77. The Morgan fingerprint density at radius 3 is 2.41 bits per heavy atom. The Balaban J connectivity index is 2.04. The molecule has 2 N–H and O–H groups in total. The molecule has 0 aliphatic rings. The number of methoxy groups -OCH3 is 1. The number of hydrogen-bond acceptors (Lipinski definition) is 3.